The van der Waals surface area contributed by atoms with Gasteiger partial charge in [-0.15, -0.1) is 12.4 Å². The summed E-state index contributed by atoms with van der Waals surface area (Å²) in [6.07, 6.45) is 2.47. The summed E-state index contributed by atoms with van der Waals surface area (Å²) in [5, 5.41) is 3.09. The van der Waals surface area contributed by atoms with E-state index in [9.17, 15) is 4.79 Å². The first kappa shape index (κ1) is 18.2. The lowest BCUT2D eigenvalue weighted by Gasteiger charge is -2.28. The molecule has 2 aliphatic rings. The molecule has 2 aliphatic heterocycles. The van der Waals surface area contributed by atoms with Crippen molar-refractivity contribution in [3.8, 4) is 0 Å². The van der Waals surface area contributed by atoms with E-state index in [1.165, 1.54) is 0 Å². The number of rotatable bonds is 4. The number of carbonyl (C=O) groups is 1. The second kappa shape index (κ2) is 8.64. The van der Waals surface area contributed by atoms with Gasteiger partial charge in [-0.3, -0.25) is 4.79 Å². The average molecular weight is 341 g/mol. The third kappa shape index (κ3) is 4.44. The second-order valence-corrected chi connectivity index (χ2v) is 6.08. The Kier molecular flexibility index (Phi) is 6.84. The zero-order valence-corrected chi connectivity index (χ0v) is 14.0. The molecule has 128 valence electrons. The number of halogens is 1. The third-order valence-corrected chi connectivity index (χ3v) is 4.62. The van der Waals surface area contributed by atoms with Crippen molar-refractivity contribution in [3.63, 3.8) is 0 Å². The van der Waals surface area contributed by atoms with Crippen LogP contribution in [-0.2, 0) is 14.3 Å². The lowest BCUT2D eigenvalue weighted by molar-refractivity contribution is -0.125. The highest BCUT2D eigenvalue weighted by molar-refractivity contribution is 5.85. The number of amides is 1. The van der Waals surface area contributed by atoms with Gasteiger partial charge in [-0.25, -0.2) is 0 Å². The number of carbonyl (C=O) groups excluding carboxylic acids is 1. The third-order valence-electron chi connectivity index (χ3n) is 4.62. The fourth-order valence-corrected chi connectivity index (χ4v) is 3.28. The second-order valence-electron chi connectivity index (χ2n) is 6.08. The Morgan fingerprint density at radius 1 is 1.13 bits per heavy atom. The zero-order chi connectivity index (χ0) is 15.4. The van der Waals surface area contributed by atoms with Gasteiger partial charge in [0.2, 0.25) is 5.91 Å². The lowest BCUT2D eigenvalue weighted by Crippen LogP contribution is -2.50. The van der Waals surface area contributed by atoms with E-state index < -0.39 is 6.04 Å². The summed E-state index contributed by atoms with van der Waals surface area (Å²) < 4.78 is 11.1. The monoisotopic (exact) mass is 340 g/mol. The van der Waals surface area contributed by atoms with Crippen molar-refractivity contribution >= 4 is 18.3 Å². The van der Waals surface area contributed by atoms with E-state index in [4.69, 9.17) is 15.2 Å². The molecule has 2 fully saturated rings. The smallest absolute Gasteiger partial charge is 0.237 e. The van der Waals surface area contributed by atoms with Crippen molar-refractivity contribution in [2.75, 3.05) is 19.8 Å². The van der Waals surface area contributed by atoms with Crippen molar-refractivity contribution in [2.24, 2.45) is 11.7 Å². The van der Waals surface area contributed by atoms with Gasteiger partial charge >= 0.3 is 0 Å². The van der Waals surface area contributed by atoms with Gasteiger partial charge in [0.1, 0.15) is 6.10 Å². The maximum atomic E-state index is 12.4. The van der Waals surface area contributed by atoms with Gasteiger partial charge in [-0.1, -0.05) is 30.3 Å². The highest BCUT2D eigenvalue weighted by Crippen LogP contribution is 2.29. The van der Waals surface area contributed by atoms with E-state index in [2.05, 4.69) is 5.32 Å². The van der Waals surface area contributed by atoms with E-state index >= 15 is 0 Å². The van der Waals surface area contributed by atoms with Crippen LogP contribution in [0.3, 0.4) is 0 Å². The molecule has 0 aliphatic carbocycles. The Hall–Kier alpha value is -1.14. The lowest BCUT2D eigenvalue weighted by atomic mass is 9.91. The zero-order valence-electron chi connectivity index (χ0n) is 13.1. The van der Waals surface area contributed by atoms with Gasteiger partial charge in [0.05, 0.1) is 12.1 Å². The Bertz CT molecular complexity index is 494. The first-order valence-electron chi connectivity index (χ1n) is 8.06. The molecule has 2 heterocycles. The maximum Gasteiger partial charge on any atom is 0.237 e. The van der Waals surface area contributed by atoms with E-state index in [1.54, 1.807) is 0 Å². The largest absolute Gasteiger partial charge is 0.381 e. The number of ether oxygens (including phenoxy) is 2. The number of benzene rings is 1. The minimum atomic E-state index is -0.457. The van der Waals surface area contributed by atoms with Crippen LogP contribution < -0.4 is 11.1 Å². The molecule has 3 unspecified atom stereocenters. The highest BCUT2D eigenvalue weighted by atomic mass is 35.5. The standard InChI is InChI=1S/C17H24N2O3.ClH/c18-15(12-6-9-21-10-7-12)17(20)19-14-8-11-22-16(14)13-4-2-1-3-5-13;/h1-5,12,14-16H,6-11,18H2,(H,19,20);1H. The summed E-state index contributed by atoms with van der Waals surface area (Å²) in [5.41, 5.74) is 7.25. The van der Waals surface area contributed by atoms with Crippen LogP contribution in [0, 0.1) is 5.92 Å². The number of nitrogens with two attached hydrogens (primary N) is 1. The predicted molar refractivity (Wildman–Crippen MR) is 90.4 cm³/mol. The molecule has 0 spiro atoms. The molecule has 5 nitrogen and oxygen atoms in total. The fourth-order valence-electron chi connectivity index (χ4n) is 3.28. The van der Waals surface area contributed by atoms with E-state index in [-0.39, 0.29) is 36.4 Å². The highest BCUT2D eigenvalue weighted by Gasteiger charge is 2.34. The van der Waals surface area contributed by atoms with Crippen LogP contribution in [0.4, 0.5) is 0 Å². The van der Waals surface area contributed by atoms with Crippen LogP contribution in [0.1, 0.15) is 30.9 Å². The average Bonchev–Trinajstić information content (AvgIpc) is 3.04. The van der Waals surface area contributed by atoms with Gasteiger partial charge in [0.15, 0.2) is 0 Å². The van der Waals surface area contributed by atoms with Crippen molar-refractivity contribution in [1.29, 1.82) is 0 Å². The Balaban J connectivity index is 0.00000192. The Morgan fingerprint density at radius 2 is 1.83 bits per heavy atom. The van der Waals surface area contributed by atoms with E-state index in [0.29, 0.717) is 19.8 Å². The van der Waals surface area contributed by atoms with Gasteiger partial charge in [0.25, 0.3) is 0 Å². The van der Waals surface area contributed by atoms with Crippen molar-refractivity contribution in [1.82, 2.24) is 5.32 Å². The number of nitrogens with one attached hydrogen (secondary N) is 1. The molecular weight excluding hydrogens is 316 g/mol. The van der Waals surface area contributed by atoms with Crippen molar-refractivity contribution in [2.45, 2.75) is 37.5 Å². The molecule has 6 heteroatoms. The van der Waals surface area contributed by atoms with Gasteiger partial charge in [0, 0.05) is 19.8 Å². The molecule has 3 atom stereocenters. The molecule has 3 rings (SSSR count). The molecular formula is C17H25ClN2O3. The fraction of sp³-hybridized carbons (Fsp3) is 0.588. The summed E-state index contributed by atoms with van der Waals surface area (Å²) in [7, 11) is 0. The maximum absolute atomic E-state index is 12.4. The van der Waals surface area contributed by atoms with Crippen LogP contribution >= 0.6 is 12.4 Å². The van der Waals surface area contributed by atoms with Crippen LogP contribution in [0.15, 0.2) is 30.3 Å². The minimum absolute atomic E-state index is 0. The molecule has 0 aromatic heterocycles. The number of hydrogen-bond acceptors (Lipinski definition) is 4. The first-order valence-corrected chi connectivity index (χ1v) is 8.06. The summed E-state index contributed by atoms with van der Waals surface area (Å²) in [6, 6.07) is 9.57. The summed E-state index contributed by atoms with van der Waals surface area (Å²) >= 11 is 0. The predicted octanol–water partition coefficient (Wildman–Crippen LogP) is 1.81. The van der Waals surface area contributed by atoms with Gasteiger partial charge in [-0.2, -0.15) is 0 Å². The van der Waals surface area contributed by atoms with Crippen LogP contribution in [-0.4, -0.2) is 37.8 Å². The first-order chi connectivity index (χ1) is 10.8. The summed E-state index contributed by atoms with van der Waals surface area (Å²) in [4.78, 5) is 12.4. The van der Waals surface area contributed by atoms with Crippen molar-refractivity contribution in [3.05, 3.63) is 35.9 Å². The van der Waals surface area contributed by atoms with Crippen LogP contribution in [0.5, 0.6) is 0 Å². The molecule has 0 saturated carbocycles. The van der Waals surface area contributed by atoms with Crippen LogP contribution in [0.2, 0.25) is 0 Å². The Labute approximate surface area is 143 Å². The molecule has 3 N–H and O–H groups in total. The molecule has 2 saturated heterocycles. The molecule has 1 amide bonds. The molecule has 1 aromatic carbocycles. The normalized spacial score (nSPS) is 26.3. The quantitative estimate of drug-likeness (QED) is 0.876. The SMILES string of the molecule is Cl.NC(C(=O)NC1CCOC1c1ccccc1)C1CCOCC1. The molecule has 23 heavy (non-hydrogen) atoms. The Morgan fingerprint density at radius 3 is 2.52 bits per heavy atom. The number of hydrogen-bond donors (Lipinski definition) is 2. The van der Waals surface area contributed by atoms with E-state index in [1.807, 2.05) is 30.3 Å². The summed E-state index contributed by atoms with van der Waals surface area (Å²) in [5.74, 6) is 0.148. The van der Waals surface area contributed by atoms with Crippen molar-refractivity contribution < 1.29 is 14.3 Å². The minimum Gasteiger partial charge on any atom is -0.381 e. The van der Waals surface area contributed by atoms with E-state index in [0.717, 1.165) is 24.8 Å². The molecule has 0 radical (unpaired) electrons. The molecule has 1 aromatic rings. The molecule has 0 bridgehead atoms. The van der Waals surface area contributed by atoms with Gasteiger partial charge < -0.3 is 20.5 Å². The topological polar surface area (TPSA) is 73.6 Å². The van der Waals surface area contributed by atoms with Gasteiger partial charge in [-0.05, 0) is 30.7 Å². The summed E-state index contributed by atoms with van der Waals surface area (Å²) in [6.45, 7) is 2.06. The van der Waals surface area contributed by atoms with Crippen LogP contribution in [0.25, 0.3) is 0 Å².